The number of hydrogen-bond acceptors (Lipinski definition) is 6. The maximum atomic E-state index is 5.41. The minimum atomic E-state index is 0. The van der Waals surface area contributed by atoms with E-state index in [1.165, 1.54) is 45.4 Å². The standard InChI is InChI=1S/C20H33N3O3.3ClH/c1-24-18-13-16(14-19(25-2)20(18)26-3)21-8-6-9-22-11-12-23-10-5-4-7-17(23)15-22;;;/h13-14,17,21H,4-12,15H2,1-3H3;3*1H. The van der Waals surface area contributed by atoms with E-state index in [-0.39, 0.29) is 37.2 Å². The molecule has 9 heteroatoms. The van der Waals surface area contributed by atoms with Gasteiger partial charge in [-0.2, -0.15) is 0 Å². The summed E-state index contributed by atoms with van der Waals surface area (Å²) in [5.74, 6) is 2.00. The first-order chi connectivity index (χ1) is 12.7. The summed E-state index contributed by atoms with van der Waals surface area (Å²) in [5, 5.41) is 3.49. The molecule has 0 aromatic heterocycles. The minimum absolute atomic E-state index is 0. The maximum absolute atomic E-state index is 5.41. The third-order valence-corrected chi connectivity index (χ3v) is 5.57. The van der Waals surface area contributed by atoms with E-state index in [4.69, 9.17) is 14.2 Å². The lowest BCUT2D eigenvalue weighted by Gasteiger charge is -2.44. The van der Waals surface area contributed by atoms with Crippen LogP contribution in [0.2, 0.25) is 0 Å². The van der Waals surface area contributed by atoms with Crippen LogP contribution in [0.25, 0.3) is 0 Å². The van der Waals surface area contributed by atoms with Crippen LogP contribution in [-0.4, -0.2) is 76.4 Å². The Morgan fingerprint density at radius 3 is 2.24 bits per heavy atom. The number of rotatable bonds is 8. The number of anilines is 1. The van der Waals surface area contributed by atoms with Crippen molar-refractivity contribution in [2.75, 3.05) is 65.9 Å². The summed E-state index contributed by atoms with van der Waals surface area (Å²) in [6.07, 6.45) is 5.29. The third-order valence-electron chi connectivity index (χ3n) is 5.57. The number of nitrogens with zero attached hydrogens (tertiary/aromatic N) is 2. The normalized spacial score (nSPS) is 18.9. The molecule has 0 bridgehead atoms. The van der Waals surface area contributed by atoms with Crippen LogP contribution in [-0.2, 0) is 0 Å². The fraction of sp³-hybridized carbons (Fsp3) is 0.700. The fourth-order valence-electron chi connectivity index (χ4n) is 4.14. The van der Waals surface area contributed by atoms with Crippen molar-refractivity contribution < 1.29 is 14.2 Å². The third kappa shape index (κ3) is 7.44. The van der Waals surface area contributed by atoms with Crippen molar-refractivity contribution in [3.05, 3.63) is 12.1 Å². The van der Waals surface area contributed by atoms with Gasteiger partial charge in [0.1, 0.15) is 0 Å². The van der Waals surface area contributed by atoms with Gasteiger partial charge in [-0.25, -0.2) is 0 Å². The first-order valence-electron chi connectivity index (χ1n) is 9.75. The number of fused-ring (bicyclic) bond motifs is 1. The fourth-order valence-corrected chi connectivity index (χ4v) is 4.14. The Morgan fingerprint density at radius 2 is 1.62 bits per heavy atom. The van der Waals surface area contributed by atoms with Crippen LogP contribution in [0.4, 0.5) is 5.69 Å². The molecule has 2 fully saturated rings. The summed E-state index contributed by atoms with van der Waals surface area (Å²) in [7, 11) is 4.91. The van der Waals surface area contributed by atoms with Crippen molar-refractivity contribution in [2.45, 2.75) is 31.7 Å². The number of ether oxygens (including phenoxy) is 3. The summed E-state index contributed by atoms with van der Waals surface area (Å²) in [6, 6.07) is 4.71. The number of piperidine rings is 1. The smallest absolute Gasteiger partial charge is 0.203 e. The summed E-state index contributed by atoms with van der Waals surface area (Å²) >= 11 is 0. The second-order valence-corrected chi connectivity index (χ2v) is 7.18. The van der Waals surface area contributed by atoms with E-state index in [2.05, 4.69) is 15.1 Å². The number of methoxy groups -OCH3 is 3. The SMILES string of the molecule is COc1cc(NCCCN2CCN3CCCCC3C2)cc(OC)c1OC.Cl.Cl.Cl. The minimum Gasteiger partial charge on any atom is -0.493 e. The average molecular weight is 473 g/mol. The molecule has 29 heavy (non-hydrogen) atoms. The Balaban J connectivity index is 0.00000261. The van der Waals surface area contributed by atoms with E-state index in [1.807, 2.05) is 12.1 Å². The Morgan fingerprint density at radius 1 is 0.931 bits per heavy atom. The number of hydrogen-bond donors (Lipinski definition) is 1. The van der Waals surface area contributed by atoms with Gasteiger partial charge in [0.25, 0.3) is 0 Å². The first-order valence-corrected chi connectivity index (χ1v) is 9.75. The molecule has 0 saturated carbocycles. The van der Waals surface area contributed by atoms with Crippen molar-refractivity contribution in [3.8, 4) is 17.2 Å². The molecule has 0 amide bonds. The zero-order chi connectivity index (χ0) is 18.4. The Bertz CT molecular complexity index is 570. The van der Waals surface area contributed by atoms with Crippen LogP contribution in [0.15, 0.2) is 12.1 Å². The van der Waals surface area contributed by atoms with E-state index in [9.17, 15) is 0 Å². The average Bonchev–Trinajstić information content (AvgIpc) is 2.70. The van der Waals surface area contributed by atoms with E-state index < -0.39 is 0 Å². The van der Waals surface area contributed by atoms with Crippen LogP contribution >= 0.6 is 37.2 Å². The maximum Gasteiger partial charge on any atom is 0.203 e. The van der Waals surface area contributed by atoms with Gasteiger partial charge in [-0.3, -0.25) is 4.90 Å². The molecule has 0 spiro atoms. The second kappa shape index (κ2) is 14.3. The highest BCUT2D eigenvalue weighted by molar-refractivity contribution is 5.86. The lowest BCUT2D eigenvalue weighted by atomic mass is 9.99. The number of halogens is 3. The topological polar surface area (TPSA) is 46.2 Å². The van der Waals surface area contributed by atoms with E-state index >= 15 is 0 Å². The molecule has 2 heterocycles. The molecule has 170 valence electrons. The van der Waals surface area contributed by atoms with Gasteiger partial charge in [0.15, 0.2) is 11.5 Å². The zero-order valence-electron chi connectivity index (χ0n) is 17.6. The van der Waals surface area contributed by atoms with E-state index in [0.29, 0.717) is 17.2 Å². The van der Waals surface area contributed by atoms with Gasteiger partial charge in [0.2, 0.25) is 5.75 Å². The molecule has 1 atom stereocenters. The van der Waals surface area contributed by atoms with Gasteiger partial charge in [0, 0.05) is 50.0 Å². The van der Waals surface area contributed by atoms with Gasteiger partial charge in [0.05, 0.1) is 21.3 Å². The van der Waals surface area contributed by atoms with Crippen LogP contribution in [0.1, 0.15) is 25.7 Å². The predicted molar refractivity (Wildman–Crippen MR) is 127 cm³/mol. The molecule has 2 saturated heterocycles. The van der Waals surface area contributed by atoms with Crippen molar-refractivity contribution in [1.82, 2.24) is 9.80 Å². The van der Waals surface area contributed by atoms with Gasteiger partial charge < -0.3 is 24.4 Å². The second-order valence-electron chi connectivity index (χ2n) is 7.18. The first kappa shape index (κ1) is 28.2. The number of piperazine rings is 1. The van der Waals surface area contributed by atoms with Crippen molar-refractivity contribution in [1.29, 1.82) is 0 Å². The predicted octanol–water partition coefficient (Wildman–Crippen LogP) is 3.95. The molecule has 1 aromatic carbocycles. The highest BCUT2D eigenvalue weighted by atomic mass is 35.5. The summed E-state index contributed by atoms with van der Waals surface area (Å²) in [5.41, 5.74) is 0.997. The number of benzene rings is 1. The van der Waals surface area contributed by atoms with Crippen LogP contribution in [0.3, 0.4) is 0 Å². The molecule has 1 unspecified atom stereocenters. The molecule has 1 N–H and O–H groups in total. The summed E-state index contributed by atoms with van der Waals surface area (Å²) in [6.45, 7) is 7.09. The Kier molecular flexibility index (Phi) is 13.9. The molecular formula is C20H36Cl3N3O3. The largest absolute Gasteiger partial charge is 0.493 e. The Hall–Kier alpha value is -0.790. The molecular weight excluding hydrogens is 437 g/mol. The van der Waals surface area contributed by atoms with Gasteiger partial charge in [-0.15, -0.1) is 37.2 Å². The van der Waals surface area contributed by atoms with E-state index in [0.717, 1.165) is 31.2 Å². The summed E-state index contributed by atoms with van der Waals surface area (Å²) in [4.78, 5) is 5.32. The van der Waals surface area contributed by atoms with Gasteiger partial charge >= 0.3 is 0 Å². The van der Waals surface area contributed by atoms with Crippen LogP contribution < -0.4 is 19.5 Å². The molecule has 0 radical (unpaired) electrons. The molecule has 6 nitrogen and oxygen atoms in total. The van der Waals surface area contributed by atoms with Crippen molar-refractivity contribution in [3.63, 3.8) is 0 Å². The van der Waals surface area contributed by atoms with Crippen molar-refractivity contribution >= 4 is 42.9 Å². The Labute approximate surface area is 193 Å². The van der Waals surface area contributed by atoms with Gasteiger partial charge in [-0.05, 0) is 32.4 Å². The van der Waals surface area contributed by atoms with Crippen LogP contribution in [0, 0.1) is 0 Å². The summed E-state index contributed by atoms with van der Waals surface area (Å²) < 4.78 is 16.2. The lowest BCUT2D eigenvalue weighted by molar-refractivity contribution is 0.0494. The monoisotopic (exact) mass is 471 g/mol. The van der Waals surface area contributed by atoms with E-state index in [1.54, 1.807) is 21.3 Å². The molecule has 2 aliphatic rings. The highest BCUT2D eigenvalue weighted by Crippen LogP contribution is 2.39. The molecule has 2 aliphatic heterocycles. The quantitative estimate of drug-likeness (QED) is 0.578. The zero-order valence-corrected chi connectivity index (χ0v) is 20.1. The van der Waals surface area contributed by atoms with Crippen LogP contribution in [0.5, 0.6) is 17.2 Å². The number of nitrogens with one attached hydrogen (secondary N) is 1. The molecule has 0 aliphatic carbocycles. The molecule has 1 aromatic rings. The van der Waals surface area contributed by atoms with Crippen molar-refractivity contribution in [2.24, 2.45) is 0 Å². The molecule has 3 rings (SSSR count). The highest BCUT2D eigenvalue weighted by Gasteiger charge is 2.28. The lowest BCUT2D eigenvalue weighted by Crippen LogP contribution is -2.54. The van der Waals surface area contributed by atoms with Gasteiger partial charge in [-0.1, -0.05) is 6.42 Å².